The van der Waals surface area contributed by atoms with Crippen molar-refractivity contribution < 1.29 is 18.0 Å². The molecule has 1 heterocycles. The molecule has 1 aliphatic rings. The molecule has 0 radical (unpaired) electrons. The Morgan fingerprint density at radius 1 is 1.16 bits per heavy atom. The van der Waals surface area contributed by atoms with Crippen LogP contribution in [0.2, 0.25) is 0 Å². The van der Waals surface area contributed by atoms with Crippen LogP contribution in [-0.2, 0) is 14.6 Å². The number of rotatable bonds is 3. The van der Waals surface area contributed by atoms with Crippen molar-refractivity contribution in [3.63, 3.8) is 0 Å². The van der Waals surface area contributed by atoms with Crippen molar-refractivity contribution in [1.82, 2.24) is 0 Å². The summed E-state index contributed by atoms with van der Waals surface area (Å²) in [5, 5.41) is 0. The Kier molecular flexibility index (Phi) is 3.22. The molecule has 0 unspecified atom stereocenters. The fourth-order valence-electron chi connectivity index (χ4n) is 2.14. The Labute approximate surface area is 112 Å². The summed E-state index contributed by atoms with van der Waals surface area (Å²) >= 11 is 0. The molecular formula is C13H15NO4S. The molecule has 1 aromatic carbocycles. The lowest BCUT2D eigenvalue weighted by atomic mass is 10.0. The summed E-state index contributed by atoms with van der Waals surface area (Å²) in [4.78, 5) is 25.1. The van der Waals surface area contributed by atoms with Gasteiger partial charge in [-0.05, 0) is 31.0 Å². The van der Waals surface area contributed by atoms with Crippen molar-refractivity contribution >= 4 is 27.2 Å². The summed E-state index contributed by atoms with van der Waals surface area (Å²) in [6.07, 6.45) is 1.11. The normalized spacial score (nSPS) is 15.0. The highest BCUT2D eigenvalue weighted by Gasteiger charge is 2.37. The summed E-state index contributed by atoms with van der Waals surface area (Å²) in [6.45, 7) is 3.73. The molecular weight excluding hydrogens is 266 g/mol. The van der Waals surface area contributed by atoms with E-state index in [0.29, 0.717) is 11.3 Å². The molecule has 102 valence electrons. The van der Waals surface area contributed by atoms with Gasteiger partial charge in [0.25, 0.3) is 11.7 Å². The second kappa shape index (κ2) is 4.45. The third kappa shape index (κ3) is 2.40. The third-order valence-corrected chi connectivity index (χ3v) is 4.27. The Hall–Kier alpha value is -1.69. The van der Waals surface area contributed by atoms with E-state index in [1.54, 1.807) is 12.1 Å². The molecule has 0 fully saturated rings. The van der Waals surface area contributed by atoms with Crippen LogP contribution in [0.15, 0.2) is 12.1 Å². The Balaban J connectivity index is 2.46. The van der Waals surface area contributed by atoms with E-state index < -0.39 is 21.5 Å². The number of sulfone groups is 1. The molecule has 0 N–H and O–H groups in total. The summed E-state index contributed by atoms with van der Waals surface area (Å²) < 4.78 is 22.4. The van der Waals surface area contributed by atoms with Gasteiger partial charge in [-0.1, -0.05) is 6.07 Å². The van der Waals surface area contributed by atoms with Gasteiger partial charge in [0, 0.05) is 12.8 Å². The Bertz CT molecular complexity index is 676. The molecule has 6 heteroatoms. The zero-order valence-corrected chi connectivity index (χ0v) is 11.9. The molecule has 1 aromatic rings. The first kappa shape index (κ1) is 13.7. The number of fused-ring (bicyclic) bond motifs is 1. The van der Waals surface area contributed by atoms with Crippen LogP contribution in [0.25, 0.3) is 0 Å². The smallest absolute Gasteiger partial charge is 0.299 e. The fourth-order valence-corrected chi connectivity index (χ4v) is 2.66. The zero-order valence-electron chi connectivity index (χ0n) is 11.1. The van der Waals surface area contributed by atoms with Crippen molar-refractivity contribution in [2.75, 3.05) is 23.5 Å². The third-order valence-electron chi connectivity index (χ3n) is 3.34. The van der Waals surface area contributed by atoms with E-state index in [4.69, 9.17) is 0 Å². The highest BCUT2D eigenvalue weighted by atomic mass is 32.2. The minimum absolute atomic E-state index is 0.0146. The number of carbonyl (C=O) groups excluding carboxylic acids is 2. The Morgan fingerprint density at radius 2 is 1.79 bits per heavy atom. The van der Waals surface area contributed by atoms with Gasteiger partial charge < -0.3 is 4.90 Å². The van der Waals surface area contributed by atoms with Gasteiger partial charge >= 0.3 is 0 Å². The molecule has 0 saturated heterocycles. The summed E-state index contributed by atoms with van der Waals surface area (Å²) in [5.74, 6) is -1.36. The zero-order chi connectivity index (χ0) is 14.4. The first-order valence-corrected chi connectivity index (χ1v) is 7.92. The largest absolute Gasteiger partial charge is 0.303 e. The number of Topliss-reactive ketones (excluding diaryl/α,β-unsaturated/α-hetero) is 1. The number of ketones is 1. The van der Waals surface area contributed by atoms with Crippen molar-refractivity contribution in [3.8, 4) is 0 Å². The summed E-state index contributed by atoms with van der Waals surface area (Å²) in [5.41, 5.74) is 2.72. The molecule has 0 saturated carbocycles. The molecule has 5 nitrogen and oxygen atoms in total. The van der Waals surface area contributed by atoms with Crippen LogP contribution in [0.1, 0.15) is 21.5 Å². The highest BCUT2D eigenvalue weighted by molar-refractivity contribution is 7.90. The van der Waals surface area contributed by atoms with E-state index in [9.17, 15) is 18.0 Å². The molecule has 0 atom stereocenters. The lowest BCUT2D eigenvalue weighted by Crippen LogP contribution is -2.34. The first-order valence-electron chi connectivity index (χ1n) is 5.86. The molecule has 1 aliphatic heterocycles. The second-order valence-corrected chi connectivity index (χ2v) is 7.08. The number of carbonyl (C=O) groups is 2. The van der Waals surface area contributed by atoms with E-state index in [-0.39, 0.29) is 12.3 Å². The molecule has 19 heavy (non-hydrogen) atoms. The number of nitrogens with zero attached hydrogens (tertiary/aromatic N) is 1. The number of anilines is 1. The maximum absolute atomic E-state index is 11.9. The number of aryl methyl sites for hydroxylation is 1. The van der Waals surface area contributed by atoms with Crippen LogP contribution < -0.4 is 4.90 Å². The maximum atomic E-state index is 11.9. The van der Waals surface area contributed by atoms with E-state index in [2.05, 4.69) is 0 Å². The highest BCUT2D eigenvalue weighted by Crippen LogP contribution is 2.33. The number of hydrogen-bond acceptors (Lipinski definition) is 4. The lowest BCUT2D eigenvalue weighted by molar-refractivity contribution is -0.114. The molecule has 0 aromatic heterocycles. The minimum Gasteiger partial charge on any atom is -0.303 e. The van der Waals surface area contributed by atoms with Crippen LogP contribution in [0.4, 0.5) is 5.69 Å². The van der Waals surface area contributed by atoms with Gasteiger partial charge in [-0.15, -0.1) is 0 Å². The van der Waals surface area contributed by atoms with E-state index in [0.717, 1.165) is 17.4 Å². The molecule has 2 rings (SSSR count). The van der Waals surface area contributed by atoms with Crippen LogP contribution >= 0.6 is 0 Å². The molecule has 1 amide bonds. The second-order valence-electron chi connectivity index (χ2n) is 4.82. The minimum atomic E-state index is -3.18. The number of benzene rings is 1. The van der Waals surface area contributed by atoms with E-state index in [1.807, 2.05) is 13.8 Å². The molecule has 0 aliphatic carbocycles. The molecule has 0 bridgehead atoms. The van der Waals surface area contributed by atoms with Gasteiger partial charge in [-0.2, -0.15) is 0 Å². The van der Waals surface area contributed by atoms with Gasteiger partial charge in [0.05, 0.1) is 17.0 Å². The van der Waals surface area contributed by atoms with Crippen LogP contribution in [-0.4, -0.2) is 38.7 Å². The average molecular weight is 281 g/mol. The fraction of sp³-hybridized carbons (Fsp3) is 0.385. The maximum Gasteiger partial charge on any atom is 0.299 e. The van der Waals surface area contributed by atoms with Crippen LogP contribution in [0, 0.1) is 13.8 Å². The SMILES string of the molecule is Cc1ccc2c(c1C)N(CCS(C)(=O)=O)C(=O)C2=O. The predicted octanol–water partition coefficient (Wildman–Crippen LogP) is 0.877. The van der Waals surface area contributed by atoms with Gasteiger partial charge in [0.1, 0.15) is 9.84 Å². The van der Waals surface area contributed by atoms with E-state index in [1.165, 1.54) is 4.90 Å². The van der Waals surface area contributed by atoms with Crippen molar-refractivity contribution in [1.29, 1.82) is 0 Å². The van der Waals surface area contributed by atoms with E-state index >= 15 is 0 Å². The predicted molar refractivity (Wildman–Crippen MR) is 72.3 cm³/mol. The first-order chi connectivity index (χ1) is 8.72. The quantitative estimate of drug-likeness (QED) is 0.771. The van der Waals surface area contributed by atoms with Gasteiger partial charge in [0.15, 0.2) is 0 Å². The average Bonchev–Trinajstić information content (AvgIpc) is 2.55. The lowest BCUT2D eigenvalue weighted by Gasteiger charge is -2.18. The van der Waals surface area contributed by atoms with Crippen LogP contribution in [0.3, 0.4) is 0 Å². The summed E-state index contributed by atoms with van der Waals surface area (Å²) in [6, 6.07) is 3.41. The standard InChI is InChI=1S/C13H15NO4S/c1-8-4-5-10-11(9(8)2)14(13(16)12(10)15)6-7-19(3,17)18/h4-5H,6-7H2,1-3H3. The molecule has 0 spiro atoms. The number of amides is 1. The van der Waals surface area contributed by atoms with Gasteiger partial charge in [-0.25, -0.2) is 8.42 Å². The van der Waals surface area contributed by atoms with Gasteiger partial charge in [0.2, 0.25) is 0 Å². The van der Waals surface area contributed by atoms with Crippen molar-refractivity contribution in [2.24, 2.45) is 0 Å². The van der Waals surface area contributed by atoms with Crippen molar-refractivity contribution in [2.45, 2.75) is 13.8 Å². The Morgan fingerprint density at radius 3 is 2.37 bits per heavy atom. The van der Waals surface area contributed by atoms with Crippen molar-refractivity contribution in [3.05, 3.63) is 28.8 Å². The summed E-state index contributed by atoms with van der Waals surface area (Å²) in [7, 11) is -3.18. The monoisotopic (exact) mass is 281 g/mol. The number of hydrogen-bond donors (Lipinski definition) is 0. The van der Waals surface area contributed by atoms with Gasteiger partial charge in [-0.3, -0.25) is 9.59 Å². The topological polar surface area (TPSA) is 71.5 Å². The van der Waals surface area contributed by atoms with Crippen LogP contribution in [0.5, 0.6) is 0 Å².